The smallest absolute Gasteiger partial charge is 0.261 e. The molecule has 1 saturated heterocycles. The molecule has 3 aromatic rings. The van der Waals surface area contributed by atoms with Crippen LogP contribution in [0.3, 0.4) is 0 Å². The Morgan fingerprint density at radius 1 is 0.800 bits per heavy atom. The lowest BCUT2D eigenvalue weighted by atomic mass is 9.94. The molecule has 0 radical (unpaired) electrons. The first-order valence-electron chi connectivity index (χ1n) is 14.2. The monoisotopic (exact) mass is 545 g/mol. The van der Waals surface area contributed by atoms with Crippen molar-refractivity contribution in [1.82, 2.24) is 14.7 Å². The molecule has 0 saturated carbocycles. The molecule has 1 fully saturated rings. The molecule has 1 unspecified atom stereocenters. The van der Waals surface area contributed by atoms with Gasteiger partial charge in [0.2, 0.25) is 0 Å². The maximum Gasteiger partial charge on any atom is 0.261 e. The molecule has 2 heterocycles. The minimum atomic E-state index is -0.569. The number of rotatable bonds is 12. The zero-order chi connectivity index (χ0) is 28.1. The number of amides is 2. The van der Waals surface area contributed by atoms with Crippen LogP contribution >= 0.6 is 0 Å². The Balaban J connectivity index is 1.01. The van der Waals surface area contributed by atoms with Crippen molar-refractivity contribution in [1.29, 1.82) is 0 Å². The molecule has 212 valence electrons. The molecule has 2 amide bonds. The molecule has 8 heteroatoms. The first-order valence-corrected chi connectivity index (χ1v) is 14.2. The normalized spacial score (nSPS) is 17.1. The van der Waals surface area contributed by atoms with Gasteiger partial charge >= 0.3 is 0 Å². The Morgan fingerprint density at radius 3 is 2.12 bits per heavy atom. The van der Waals surface area contributed by atoms with Gasteiger partial charge in [-0.05, 0) is 35.1 Å². The minimum Gasteiger partial charge on any atom is -0.491 e. The van der Waals surface area contributed by atoms with Crippen LogP contribution in [0.1, 0.15) is 46.0 Å². The second-order valence-electron chi connectivity index (χ2n) is 10.9. The summed E-state index contributed by atoms with van der Waals surface area (Å²) in [6, 6.07) is 19.3. The van der Waals surface area contributed by atoms with Crippen LogP contribution in [0.25, 0.3) is 10.8 Å². The van der Waals surface area contributed by atoms with Crippen LogP contribution in [0, 0.1) is 0 Å². The molecule has 40 heavy (non-hydrogen) atoms. The van der Waals surface area contributed by atoms with Crippen molar-refractivity contribution in [2.75, 3.05) is 65.6 Å². The summed E-state index contributed by atoms with van der Waals surface area (Å²) >= 11 is 0. The van der Waals surface area contributed by atoms with Crippen LogP contribution in [-0.4, -0.2) is 103 Å². The Morgan fingerprint density at radius 2 is 1.45 bits per heavy atom. The number of benzene rings is 3. The van der Waals surface area contributed by atoms with E-state index in [1.807, 2.05) is 42.5 Å². The Bertz CT molecular complexity index is 1280. The third-order valence-electron chi connectivity index (χ3n) is 7.77. The van der Waals surface area contributed by atoms with Gasteiger partial charge in [0.1, 0.15) is 12.4 Å². The fourth-order valence-corrected chi connectivity index (χ4v) is 5.59. The average molecular weight is 546 g/mol. The van der Waals surface area contributed by atoms with Crippen LogP contribution in [0.15, 0.2) is 60.7 Å². The number of piperazine rings is 1. The molecule has 0 aromatic heterocycles. The van der Waals surface area contributed by atoms with E-state index in [1.54, 1.807) is 12.1 Å². The summed E-state index contributed by atoms with van der Waals surface area (Å²) in [5, 5.41) is 12.2. The van der Waals surface area contributed by atoms with Gasteiger partial charge in [0, 0.05) is 62.3 Å². The summed E-state index contributed by atoms with van der Waals surface area (Å²) in [4.78, 5) is 32.1. The minimum absolute atomic E-state index is 0.217. The highest BCUT2D eigenvalue weighted by molar-refractivity contribution is 6.25. The standard InChI is InChI=1S/C32H39N3O5/c1-23(2)26-9-3-4-12-29(26)40-20-19-39-22-25(36)21-34-15-13-33(14-16-34)17-18-35-31(37)27-10-5-7-24-8-6-11-28(30(24)27)32(35)38/h3-12,23,25,36H,13-22H2,1-2H3. The molecule has 8 nitrogen and oxygen atoms in total. The quantitative estimate of drug-likeness (QED) is 0.275. The second-order valence-corrected chi connectivity index (χ2v) is 10.9. The number of hydrogen-bond donors (Lipinski definition) is 1. The molecule has 1 N–H and O–H groups in total. The van der Waals surface area contributed by atoms with Gasteiger partial charge in [0.25, 0.3) is 11.8 Å². The van der Waals surface area contributed by atoms with Gasteiger partial charge in [0.15, 0.2) is 0 Å². The fraction of sp³-hybridized carbons (Fsp3) is 0.438. The van der Waals surface area contributed by atoms with Crippen LogP contribution in [0.2, 0.25) is 0 Å². The summed E-state index contributed by atoms with van der Waals surface area (Å²) in [7, 11) is 0. The van der Waals surface area contributed by atoms with E-state index in [-0.39, 0.29) is 18.4 Å². The highest BCUT2D eigenvalue weighted by atomic mass is 16.5. The molecule has 0 aliphatic carbocycles. The predicted octanol–water partition coefficient (Wildman–Crippen LogP) is 3.63. The summed E-state index contributed by atoms with van der Waals surface area (Å²) in [6.45, 7) is 10.2. The number of β-amino-alcohol motifs (C(OH)–C–C–N with tert-alkyl or cyclic N) is 1. The molecule has 0 spiro atoms. The third kappa shape index (κ3) is 6.36. The molecular formula is C32H39N3O5. The van der Waals surface area contributed by atoms with E-state index in [9.17, 15) is 14.7 Å². The van der Waals surface area contributed by atoms with E-state index in [0.717, 1.165) is 42.7 Å². The van der Waals surface area contributed by atoms with E-state index in [4.69, 9.17) is 9.47 Å². The van der Waals surface area contributed by atoms with Crippen molar-refractivity contribution >= 4 is 22.6 Å². The van der Waals surface area contributed by atoms with E-state index in [0.29, 0.717) is 49.9 Å². The molecule has 3 aromatic carbocycles. The number of ether oxygens (including phenoxy) is 2. The topological polar surface area (TPSA) is 82.6 Å². The van der Waals surface area contributed by atoms with E-state index < -0.39 is 6.10 Å². The van der Waals surface area contributed by atoms with Crippen molar-refractivity contribution in [2.45, 2.75) is 25.9 Å². The second kappa shape index (κ2) is 12.9. The van der Waals surface area contributed by atoms with Crippen LogP contribution < -0.4 is 4.74 Å². The number of nitrogens with zero attached hydrogens (tertiary/aromatic N) is 3. The molecule has 1 atom stereocenters. The summed E-state index contributed by atoms with van der Waals surface area (Å²) in [6.07, 6.45) is -0.569. The summed E-state index contributed by atoms with van der Waals surface area (Å²) < 4.78 is 11.6. The lowest BCUT2D eigenvalue weighted by Gasteiger charge is -2.36. The van der Waals surface area contributed by atoms with Crippen molar-refractivity contribution in [2.24, 2.45) is 0 Å². The highest BCUT2D eigenvalue weighted by Gasteiger charge is 2.33. The zero-order valence-electron chi connectivity index (χ0n) is 23.4. The van der Waals surface area contributed by atoms with Gasteiger partial charge in [0.05, 0.1) is 19.3 Å². The van der Waals surface area contributed by atoms with Crippen molar-refractivity contribution < 1.29 is 24.2 Å². The van der Waals surface area contributed by atoms with Crippen LogP contribution in [0.5, 0.6) is 5.75 Å². The fourth-order valence-electron chi connectivity index (χ4n) is 5.59. The lowest BCUT2D eigenvalue weighted by molar-refractivity contribution is -0.000423. The first-order chi connectivity index (χ1) is 19.4. The van der Waals surface area contributed by atoms with Gasteiger partial charge in [-0.1, -0.05) is 56.3 Å². The van der Waals surface area contributed by atoms with Crippen molar-refractivity contribution in [3.8, 4) is 5.75 Å². The lowest BCUT2D eigenvalue weighted by Crippen LogP contribution is -2.51. The summed E-state index contributed by atoms with van der Waals surface area (Å²) in [5.74, 6) is 0.842. The van der Waals surface area contributed by atoms with Crippen LogP contribution in [0.4, 0.5) is 0 Å². The highest BCUT2D eigenvalue weighted by Crippen LogP contribution is 2.30. The molecule has 2 aliphatic heterocycles. The van der Waals surface area contributed by atoms with Gasteiger partial charge in [-0.3, -0.25) is 24.3 Å². The van der Waals surface area contributed by atoms with E-state index in [1.165, 1.54) is 10.5 Å². The molecule has 5 rings (SSSR count). The maximum absolute atomic E-state index is 13.1. The average Bonchev–Trinajstić information content (AvgIpc) is 2.96. The number of carbonyl (C=O) groups is 2. The molecule has 2 aliphatic rings. The van der Waals surface area contributed by atoms with Gasteiger partial charge in [-0.2, -0.15) is 0 Å². The van der Waals surface area contributed by atoms with Crippen molar-refractivity contribution in [3.05, 3.63) is 77.4 Å². The molecular weight excluding hydrogens is 506 g/mol. The van der Waals surface area contributed by atoms with Gasteiger partial charge < -0.3 is 14.6 Å². The Labute approximate surface area is 236 Å². The molecule has 0 bridgehead atoms. The number of imide groups is 1. The van der Waals surface area contributed by atoms with Gasteiger partial charge in [-0.15, -0.1) is 0 Å². The summed E-state index contributed by atoms with van der Waals surface area (Å²) in [5.41, 5.74) is 2.38. The zero-order valence-corrected chi connectivity index (χ0v) is 23.4. The van der Waals surface area contributed by atoms with E-state index >= 15 is 0 Å². The van der Waals surface area contributed by atoms with Crippen molar-refractivity contribution in [3.63, 3.8) is 0 Å². The largest absolute Gasteiger partial charge is 0.491 e. The number of aliphatic hydroxyl groups is 1. The third-order valence-corrected chi connectivity index (χ3v) is 7.77. The Kier molecular flexibility index (Phi) is 9.11. The maximum atomic E-state index is 13.1. The van der Waals surface area contributed by atoms with Crippen LogP contribution in [-0.2, 0) is 4.74 Å². The first kappa shape index (κ1) is 28.2. The number of aliphatic hydroxyl groups excluding tert-OH is 1. The predicted molar refractivity (Wildman–Crippen MR) is 155 cm³/mol. The number of carbonyl (C=O) groups excluding carboxylic acids is 2. The SMILES string of the molecule is CC(C)c1ccccc1OCCOCC(O)CN1CCN(CCN2C(=O)c3cccc4cccc(c34)C2=O)CC1. The number of para-hydroxylation sites is 1. The van der Waals surface area contributed by atoms with Gasteiger partial charge in [-0.25, -0.2) is 0 Å². The number of hydrogen-bond acceptors (Lipinski definition) is 7. The van der Waals surface area contributed by atoms with E-state index in [2.05, 4.69) is 29.7 Å². The Hall–Kier alpha value is -3.30.